The van der Waals surface area contributed by atoms with Gasteiger partial charge in [-0.2, -0.15) is 0 Å². The predicted molar refractivity (Wildman–Crippen MR) is 113 cm³/mol. The van der Waals surface area contributed by atoms with Crippen LogP contribution < -0.4 is 10.1 Å². The summed E-state index contributed by atoms with van der Waals surface area (Å²) < 4.78 is 7.30. The number of carbonyl (C=O) groups excluding carboxylic acids is 1. The van der Waals surface area contributed by atoms with Crippen molar-refractivity contribution < 1.29 is 9.53 Å². The smallest absolute Gasteiger partial charge is 0.237 e. The summed E-state index contributed by atoms with van der Waals surface area (Å²) in [5.74, 6) is 1.36. The SMILES string of the molecule is COc1ccccc1-c1nnc(S[C@@H](C)C(=O)Nc2ccc(C)cc2C)n1C. The minimum Gasteiger partial charge on any atom is -0.496 e. The molecule has 1 N–H and O–H groups in total. The fourth-order valence-corrected chi connectivity index (χ4v) is 3.70. The minimum atomic E-state index is -0.325. The van der Waals surface area contributed by atoms with Crippen LogP contribution in [0.15, 0.2) is 47.6 Å². The Labute approximate surface area is 169 Å². The standard InChI is InChI=1S/C21H24N4O2S/c1-13-10-11-17(14(2)12-13)22-20(26)15(3)28-21-24-23-19(25(21)4)16-8-6-7-9-18(16)27-5/h6-12,15H,1-5H3,(H,22,26)/t15-/m0/s1. The molecule has 1 atom stereocenters. The number of para-hydroxylation sites is 1. The first-order valence-electron chi connectivity index (χ1n) is 8.98. The minimum absolute atomic E-state index is 0.0706. The molecule has 0 fully saturated rings. The lowest BCUT2D eigenvalue weighted by atomic mass is 10.1. The summed E-state index contributed by atoms with van der Waals surface area (Å²) in [5, 5.41) is 11.9. The molecule has 0 spiro atoms. The highest BCUT2D eigenvalue weighted by molar-refractivity contribution is 8.00. The average Bonchev–Trinajstić information content (AvgIpc) is 3.04. The van der Waals surface area contributed by atoms with E-state index in [9.17, 15) is 4.79 Å². The molecule has 6 nitrogen and oxygen atoms in total. The van der Waals surface area contributed by atoms with Crippen LogP contribution in [0.4, 0.5) is 5.69 Å². The lowest BCUT2D eigenvalue weighted by Crippen LogP contribution is -2.23. The van der Waals surface area contributed by atoms with Crippen molar-refractivity contribution >= 4 is 23.4 Å². The van der Waals surface area contributed by atoms with E-state index in [2.05, 4.69) is 21.6 Å². The second kappa shape index (κ2) is 8.48. The van der Waals surface area contributed by atoms with Crippen molar-refractivity contribution in [3.63, 3.8) is 0 Å². The third-order valence-corrected chi connectivity index (χ3v) is 5.61. The van der Waals surface area contributed by atoms with Crippen molar-refractivity contribution in [1.29, 1.82) is 0 Å². The molecular weight excluding hydrogens is 372 g/mol. The van der Waals surface area contributed by atoms with Crippen LogP contribution in [0.3, 0.4) is 0 Å². The number of aromatic nitrogens is 3. The molecule has 0 aliphatic heterocycles. The molecular formula is C21H24N4O2S. The van der Waals surface area contributed by atoms with Crippen molar-refractivity contribution in [1.82, 2.24) is 14.8 Å². The van der Waals surface area contributed by atoms with Gasteiger partial charge in [-0.25, -0.2) is 0 Å². The lowest BCUT2D eigenvalue weighted by molar-refractivity contribution is -0.115. The van der Waals surface area contributed by atoms with Gasteiger partial charge in [-0.15, -0.1) is 10.2 Å². The number of rotatable bonds is 6. The highest BCUT2D eigenvalue weighted by Gasteiger charge is 2.21. The van der Waals surface area contributed by atoms with Crippen LogP contribution in [0.5, 0.6) is 5.75 Å². The Bertz CT molecular complexity index is 1000. The molecule has 1 heterocycles. The van der Waals surface area contributed by atoms with Crippen molar-refractivity contribution in [2.24, 2.45) is 7.05 Å². The number of hydrogen-bond acceptors (Lipinski definition) is 5. The summed E-state index contributed by atoms with van der Waals surface area (Å²) in [6.45, 7) is 5.88. The molecule has 7 heteroatoms. The third kappa shape index (κ3) is 4.20. The molecule has 3 aromatic rings. The summed E-state index contributed by atoms with van der Waals surface area (Å²) in [6.07, 6.45) is 0. The molecule has 0 bridgehead atoms. The van der Waals surface area contributed by atoms with E-state index in [1.54, 1.807) is 7.11 Å². The number of benzene rings is 2. The maximum absolute atomic E-state index is 12.6. The highest BCUT2D eigenvalue weighted by atomic mass is 32.2. The van der Waals surface area contributed by atoms with Crippen molar-refractivity contribution in [2.75, 3.05) is 12.4 Å². The topological polar surface area (TPSA) is 69.0 Å². The van der Waals surface area contributed by atoms with Gasteiger partial charge < -0.3 is 14.6 Å². The van der Waals surface area contributed by atoms with Gasteiger partial charge in [0.15, 0.2) is 11.0 Å². The van der Waals surface area contributed by atoms with Crippen LogP contribution in [0.25, 0.3) is 11.4 Å². The van der Waals surface area contributed by atoms with E-state index in [4.69, 9.17) is 4.74 Å². The van der Waals surface area contributed by atoms with Gasteiger partial charge in [-0.3, -0.25) is 4.79 Å². The molecule has 1 aromatic heterocycles. The number of nitrogens with zero attached hydrogens (tertiary/aromatic N) is 3. The number of carbonyl (C=O) groups is 1. The van der Waals surface area contributed by atoms with Crippen LogP contribution in [0, 0.1) is 13.8 Å². The van der Waals surface area contributed by atoms with Crippen molar-refractivity contribution in [3.8, 4) is 17.1 Å². The van der Waals surface area contributed by atoms with E-state index < -0.39 is 0 Å². The molecule has 0 radical (unpaired) electrons. The van der Waals surface area contributed by atoms with Gasteiger partial charge in [-0.05, 0) is 44.5 Å². The van der Waals surface area contributed by atoms with E-state index in [0.29, 0.717) is 11.0 Å². The molecule has 0 aliphatic rings. The molecule has 28 heavy (non-hydrogen) atoms. The molecule has 3 rings (SSSR count). The molecule has 2 aromatic carbocycles. The molecule has 146 valence electrons. The summed E-state index contributed by atoms with van der Waals surface area (Å²) in [5.41, 5.74) is 3.90. The van der Waals surface area contributed by atoms with Crippen LogP contribution in [-0.2, 0) is 11.8 Å². The number of methoxy groups -OCH3 is 1. The van der Waals surface area contributed by atoms with Gasteiger partial charge in [0.05, 0.1) is 17.9 Å². The fraction of sp³-hybridized carbons (Fsp3) is 0.286. The number of hydrogen-bond donors (Lipinski definition) is 1. The lowest BCUT2D eigenvalue weighted by Gasteiger charge is -2.14. The number of anilines is 1. The molecule has 0 unspecified atom stereocenters. The Balaban J connectivity index is 1.75. The first-order valence-corrected chi connectivity index (χ1v) is 9.86. The van der Waals surface area contributed by atoms with E-state index in [-0.39, 0.29) is 11.2 Å². The van der Waals surface area contributed by atoms with Gasteiger partial charge in [0.2, 0.25) is 5.91 Å². The Morgan fingerprint density at radius 3 is 2.64 bits per heavy atom. The number of amides is 1. The number of thioether (sulfide) groups is 1. The monoisotopic (exact) mass is 396 g/mol. The first-order chi connectivity index (χ1) is 13.4. The number of nitrogens with one attached hydrogen (secondary N) is 1. The van der Waals surface area contributed by atoms with E-state index in [1.807, 2.05) is 68.8 Å². The van der Waals surface area contributed by atoms with Crippen LogP contribution in [0.1, 0.15) is 18.1 Å². The zero-order valence-electron chi connectivity index (χ0n) is 16.7. The summed E-state index contributed by atoms with van der Waals surface area (Å²) in [6, 6.07) is 13.6. The summed E-state index contributed by atoms with van der Waals surface area (Å²) in [7, 11) is 3.52. The van der Waals surface area contributed by atoms with Gasteiger partial charge in [0.25, 0.3) is 0 Å². The number of ether oxygens (including phenoxy) is 1. The molecule has 0 aliphatic carbocycles. The maximum Gasteiger partial charge on any atom is 0.237 e. The Kier molecular flexibility index (Phi) is 6.04. The van der Waals surface area contributed by atoms with E-state index in [0.717, 1.165) is 22.6 Å². The zero-order chi connectivity index (χ0) is 20.3. The molecule has 0 saturated heterocycles. The molecule has 1 amide bonds. The first kappa shape index (κ1) is 19.9. The van der Waals surface area contributed by atoms with Crippen LogP contribution in [0.2, 0.25) is 0 Å². The van der Waals surface area contributed by atoms with Crippen molar-refractivity contribution in [3.05, 3.63) is 53.6 Å². The second-order valence-electron chi connectivity index (χ2n) is 6.63. The van der Waals surface area contributed by atoms with Crippen molar-refractivity contribution in [2.45, 2.75) is 31.2 Å². The second-order valence-corrected chi connectivity index (χ2v) is 7.94. The van der Waals surface area contributed by atoms with Gasteiger partial charge in [-0.1, -0.05) is 41.6 Å². The van der Waals surface area contributed by atoms with Crippen LogP contribution in [-0.4, -0.2) is 33.0 Å². The maximum atomic E-state index is 12.6. The largest absolute Gasteiger partial charge is 0.496 e. The fourth-order valence-electron chi connectivity index (χ4n) is 2.88. The summed E-state index contributed by atoms with van der Waals surface area (Å²) >= 11 is 1.37. The highest BCUT2D eigenvalue weighted by Crippen LogP contribution is 2.31. The zero-order valence-corrected chi connectivity index (χ0v) is 17.5. The molecule has 0 saturated carbocycles. The van der Waals surface area contributed by atoms with Gasteiger partial charge in [0.1, 0.15) is 5.75 Å². The quantitative estimate of drug-likeness (QED) is 0.632. The summed E-state index contributed by atoms with van der Waals surface area (Å²) in [4.78, 5) is 12.6. The van der Waals surface area contributed by atoms with Crippen LogP contribution >= 0.6 is 11.8 Å². The Hall–Kier alpha value is -2.80. The van der Waals surface area contributed by atoms with E-state index >= 15 is 0 Å². The van der Waals surface area contributed by atoms with Gasteiger partial charge in [0, 0.05) is 12.7 Å². The average molecular weight is 397 g/mol. The van der Waals surface area contributed by atoms with E-state index in [1.165, 1.54) is 17.3 Å². The number of aryl methyl sites for hydroxylation is 2. The predicted octanol–water partition coefficient (Wildman–Crippen LogP) is 4.23. The Morgan fingerprint density at radius 1 is 1.18 bits per heavy atom. The Morgan fingerprint density at radius 2 is 1.93 bits per heavy atom. The normalized spacial score (nSPS) is 11.9. The third-order valence-electron chi connectivity index (χ3n) is 4.47. The van der Waals surface area contributed by atoms with Gasteiger partial charge >= 0.3 is 0 Å².